The molecule has 1 N–H and O–H groups in total. The van der Waals surface area contributed by atoms with Gasteiger partial charge in [-0.3, -0.25) is 9.59 Å². The number of carbonyl (C=O) groups is 2. The molecule has 4 heteroatoms. The van der Waals surface area contributed by atoms with Crippen LogP contribution in [0, 0.1) is 0 Å². The fourth-order valence-electron chi connectivity index (χ4n) is 2.87. The molecule has 0 unspecified atom stereocenters. The minimum atomic E-state index is -0.145. The van der Waals surface area contributed by atoms with Gasteiger partial charge in [-0.05, 0) is 46.9 Å². The molecular weight excluding hydrogens is 300 g/mol. The lowest BCUT2D eigenvalue weighted by Crippen LogP contribution is -2.20. The monoisotopic (exact) mass is 322 g/mol. The molecule has 2 amide bonds. The van der Waals surface area contributed by atoms with Crippen molar-refractivity contribution in [2.45, 2.75) is 32.6 Å². The number of benzene rings is 2. The van der Waals surface area contributed by atoms with Crippen molar-refractivity contribution in [3.05, 3.63) is 59.2 Å². The first-order valence-electron chi connectivity index (χ1n) is 8.07. The molecule has 1 aliphatic heterocycles. The normalized spacial score (nSPS) is 13.8. The standard InChI is InChI=1S/C20H22N2O2/c1-20(2,3)15-7-5-13(6-8-15)19(24)21-16-9-10-17-14(11-16)12-18(23)22(17)4/h5-11H,12H2,1-4H3,(H,21,24). The van der Waals surface area contributed by atoms with Gasteiger partial charge in [0.25, 0.3) is 5.91 Å². The van der Waals surface area contributed by atoms with Crippen LogP contribution >= 0.6 is 0 Å². The van der Waals surface area contributed by atoms with Gasteiger partial charge in [0.1, 0.15) is 0 Å². The Morgan fingerprint density at radius 1 is 1.08 bits per heavy atom. The van der Waals surface area contributed by atoms with Crippen molar-refractivity contribution in [1.29, 1.82) is 0 Å². The maximum Gasteiger partial charge on any atom is 0.255 e. The Kier molecular flexibility index (Phi) is 3.91. The van der Waals surface area contributed by atoms with Crippen molar-refractivity contribution in [2.24, 2.45) is 0 Å². The molecular formula is C20H22N2O2. The van der Waals surface area contributed by atoms with Crippen LogP contribution in [0.3, 0.4) is 0 Å². The molecule has 0 aliphatic carbocycles. The van der Waals surface area contributed by atoms with Gasteiger partial charge in [0.2, 0.25) is 5.91 Å². The van der Waals surface area contributed by atoms with E-state index >= 15 is 0 Å². The van der Waals surface area contributed by atoms with Gasteiger partial charge >= 0.3 is 0 Å². The number of anilines is 2. The summed E-state index contributed by atoms with van der Waals surface area (Å²) in [6, 6.07) is 13.3. The van der Waals surface area contributed by atoms with Gasteiger partial charge in [0, 0.05) is 24.0 Å². The van der Waals surface area contributed by atoms with Crippen molar-refractivity contribution < 1.29 is 9.59 Å². The molecule has 0 radical (unpaired) electrons. The van der Waals surface area contributed by atoms with E-state index in [4.69, 9.17) is 0 Å². The number of hydrogen-bond donors (Lipinski definition) is 1. The van der Waals surface area contributed by atoms with E-state index in [1.54, 1.807) is 11.9 Å². The molecule has 0 saturated heterocycles. The number of carbonyl (C=O) groups excluding carboxylic acids is 2. The molecule has 0 atom stereocenters. The third kappa shape index (κ3) is 3.04. The summed E-state index contributed by atoms with van der Waals surface area (Å²) in [5.74, 6) is -0.0701. The second-order valence-electron chi connectivity index (χ2n) is 7.25. The topological polar surface area (TPSA) is 49.4 Å². The number of fused-ring (bicyclic) bond motifs is 1. The average Bonchev–Trinajstić information content (AvgIpc) is 2.81. The van der Waals surface area contributed by atoms with Crippen molar-refractivity contribution >= 4 is 23.2 Å². The highest BCUT2D eigenvalue weighted by Crippen LogP contribution is 2.30. The predicted molar refractivity (Wildman–Crippen MR) is 96.7 cm³/mol. The molecule has 0 bridgehead atoms. The zero-order valence-corrected chi connectivity index (χ0v) is 14.5. The Morgan fingerprint density at radius 2 is 1.75 bits per heavy atom. The molecule has 3 rings (SSSR count). The summed E-state index contributed by atoms with van der Waals surface area (Å²) in [6.45, 7) is 6.43. The zero-order chi connectivity index (χ0) is 17.5. The summed E-state index contributed by atoms with van der Waals surface area (Å²) in [4.78, 5) is 25.8. The third-order valence-electron chi connectivity index (χ3n) is 4.43. The van der Waals surface area contributed by atoms with Crippen LogP contribution in [0.25, 0.3) is 0 Å². The molecule has 2 aromatic carbocycles. The number of amides is 2. The van der Waals surface area contributed by atoms with Crippen LogP contribution in [0.1, 0.15) is 42.3 Å². The third-order valence-corrected chi connectivity index (χ3v) is 4.43. The van der Waals surface area contributed by atoms with E-state index in [-0.39, 0.29) is 17.2 Å². The van der Waals surface area contributed by atoms with Gasteiger partial charge in [0.05, 0.1) is 6.42 Å². The first-order valence-corrected chi connectivity index (χ1v) is 8.07. The van der Waals surface area contributed by atoms with Gasteiger partial charge in [-0.15, -0.1) is 0 Å². The van der Waals surface area contributed by atoms with Crippen LogP contribution in [-0.2, 0) is 16.6 Å². The SMILES string of the molecule is CN1C(=O)Cc2cc(NC(=O)c3ccc(C(C)(C)C)cc3)ccc21. The van der Waals surface area contributed by atoms with Gasteiger partial charge in [0.15, 0.2) is 0 Å². The second kappa shape index (κ2) is 5.78. The van der Waals surface area contributed by atoms with Crippen LogP contribution in [0.5, 0.6) is 0 Å². The molecule has 0 aromatic heterocycles. The number of likely N-dealkylation sites (N-methyl/N-ethyl adjacent to an activating group) is 1. The van der Waals surface area contributed by atoms with Crippen molar-refractivity contribution in [2.75, 3.05) is 17.3 Å². The largest absolute Gasteiger partial charge is 0.322 e. The highest BCUT2D eigenvalue weighted by Gasteiger charge is 2.24. The number of hydrogen-bond acceptors (Lipinski definition) is 2. The highest BCUT2D eigenvalue weighted by atomic mass is 16.2. The molecule has 1 aliphatic rings. The molecule has 124 valence electrons. The fourth-order valence-corrected chi connectivity index (χ4v) is 2.87. The first-order chi connectivity index (χ1) is 11.3. The van der Waals surface area contributed by atoms with E-state index in [1.807, 2.05) is 42.5 Å². The quantitative estimate of drug-likeness (QED) is 0.915. The van der Waals surface area contributed by atoms with E-state index in [2.05, 4.69) is 26.1 Å². The molecule has 0 spiro atoms. The van der Waals surface area contributed by atoms with E-state index in [9.17, 15) is 9.59 Å². The summed E-state index contributed by atoms with van der Waals surface area (Å²) in [5.41, 5.74) is 4.44. The Morgan fingerprint density at radius 3 is 2.38 bits per heavy atom. The van der Waals surface area contributed by atoms with Crippen molar-refractivity contribution in [3.63, 3.8) is 0 Å². The molecule has 2 aromatic rings. The Hall–Kier alpha value is -2.62. The number of nitrogens with zero attached hydrogens (tertiary/aromatic N) is 1. The Bertz CT molecular complexity index is 801. The maximum atomic E-state index is 12.4. The van der Waals surface area contributed by atoms with E-state index in [1.165, 1.54) is 5.56 Å². The predicted octanol–water partition coefficient (Wildman–Crippen LogP) is 3.76. The lowest BCUT2D eigenvalue weighted by atomic mass is 9.87. The second-order valence-corrected chi connectivity index (χ2v) is 7.25. The molecule has 0 fully saturated rings. The smallest absolute Gasteiger partial charge is 0.255 e. The van der Waals surface area contributed by atoms with Crippen molar-refractivity contribution in [1.82, 2.24) is 0 Å². The molecule has 1 heterocycles. The minimum absolute atomic E-state index is 0.0631. The summed E-state index contributed by atoms with van der Waals surface area (Å²) in [5, 5.41) is 2.91. The molecule has 24 heavy (non-hydrogen) atoms. The fraction of sp³-hybridized carbons (Fsp3) is 0.300. The van der Waals surface area contributed by atoms with E-state index in [0.717, 1.165) is 11.3 Å². The van der Waals surface area contributed by atoms with Crippen molar-refractivity contribution in [3.8, 4) is 0 Å². The lowest BCUT2D eigenvalue weighted by Gasteiger charge is -2.19. The van der Waals surface area contributed by atoms with E-state index < -0.39 is 0 Å². The van der Waals surface area contributed by atoms with Crippen LogP contribution in [0.2, 0.25) is 0 Å². The van der Waals surface area contributed by atoms with Gasteiger partial charge in [-0.25, -0.2) is 0 Å². The minimum Gasteiger partial charge on any atom is -0.322 e. The first kappa shape index (κ1) is 16.2. The van der Waals surface area contributed by atoms with Crippen LogP contribution < -0.4 is 10.2 Å². The van der Waals surface area contributed by atoms with Crippen LogP contribution in [0.4, 0.5) is 11.4 Å². The maximum absolute atomic E-state index is 12.4. The summed E-state index contributed by atoms with van der Waals surface area (Å²) in [7, 11) is 1.77. The summed E-state index contributed by atoms with van der Waals surface area (Å²) in [6.07, 6.45) is 0.385. The summed E-state index contributed by atoms with van der Waals surface area (Å²) >= 11 is 0. The van der Waals surface area contributed by atoms with Gasteiger partial charge in [-0.1, -0.05) is 32.9 Å². The van der Waals surface area contributed by atoms with E-state index in [0.29, 0.717) is 17.7 Å². The molecule has 0 saturated carbocycles. The number of nitrogens with one attached hydrogen (secondary N) is 1. The Balaban J connectivity index is 1.76. The lowest BCUT2D eigenvalue weighted by molar-refractivity contribution is -0.117. The number of rotatable bonds is 2. The van der Waals surface area contributed by atoms with Crippen LogP contribution in [0.15, 0.2) is 42.5 Å². The van der Waals surface area contributed by atoms with Gasteiger partial charge in [-0.2, -0.15) is 0 Å². The zero-order valence-electron chi connectivity index (χ0n) is 14.5. The van der Waals surface area contributed by atoms with Crippen LogP contribution in [-0.4, -0.2) is 18.9 Å². The Labute approximate surface area is 142 Å². The summed E-state index contributed by atoms with van der Waals surface area (Å²) < 4.78 is 0. The highest BCUT2D eigenvalue weighted by molar-refractivity contribution is 6.05. The van der Waals surface area contributed by atoms with Gasteiger partial charge < -0.3 is 10.2 Å². The average molecular weight is 322 g/mol. The molecule has 4 nitrogen and oxygen atoms in total.